The van der Waals surface area contributed by atoms with Gasteiger partial charge in [0.05, 0.1) is 0 Å². The molecule has 1 atom stereocenters. The number of carboxylic acids is 1. The molecule has 0 rings (SSSR count). The molecule has 45 heavy (non-hydrogen) atoms. The Hall–Kier alpha value is -2.10. The number of hydrogen-bond acceptors (Lipinski definition) is 3. The number of aliphatic carboxylic acids is 1. The number of rotatable bonds is 34. The van der Waals surface area contributed by atoms with Crippen molar-refractivity contribution in [2.24, 2.45) is 0 Å². The van der Waals surface area contributed by atoms with Crippen LogP contribution in [0.15, 0.2) is 48.6 Å². The Bertz CT molecular complexity index is 763. The smallest absolute Gasteiger partial charge is 0.306 e. The van der Waals surface area contributed by atoms with Gasteiger partial charge < -0.3 is 9.84 Å². The first-order valence-corrected chi connectivity index (χ1v) is 19.1. The van der Waals surface area contributed by atoms with Gasteiger partial charge in [-0.15, -0.1) is 0 Å². The highest BCUT2D eigenvalue weighted by Gasteiger charge is 2.14. The van der Waals surface area contributed by atoms with Crippen LogP contribution in [0.1, 0.15) is 194 Å². The Morgan fingerprint density at radius 2 is 0.933 bits per heavy atom. The molecule has 0 heterocycles. The summed E-state index contributed by atoms with van der Waals surface area (Å²) in [4.78, 5) is 23.3. The molecule has 0 amide bonds. The third kappa shape index (κ3) is 36.2. The monoisotopic (exact) mass is 629 g/mol. The number of allylic oxidation sites excluding steroid dienone is 8. The summed E-state index contributed by atoms with van der Waals surface area (Å²) in [5, 5.41) is 8.80. The van der Waals surface area contributed by atoms with Gasteiger partial charge in [-0.2, -0.15) is 0 Å². The van der Waals surface area contributed by atoms with E-state index in [4.69, 9.17) is 9.84 Å². The van der Waals surface area contributed by atoms with E-state index in [0.29, 0.717) is 6.42 Å². The standard InChI is InChI=1S/C41H72O4/c1-3-5-7-9-11-13-15-16-17-18-19-20-21-23-25-30-34-38-41(44)45-39(36-32-28-26-29-33-37-40(42)43)35-31-27-24-22-14-12-10-8-6-4-2/h5,7,11,13,16-17,19-20,39H,3-4,6,8-10,12,14-15,18,21-38H2,1-2H3,(H,42,43)/b7-5-,13-11-,17-16-,20-19-. The number of unbranched alkanes of at least 4 members (excludes halogenated alkanes) is 17. The van der Waals surface area contributed by atoms with Crippen LogP contribution in [0.5, 0.6) is 0 Å². The first kappa shape index (κ1) is 42.9. The minimum absolute atomic E-state index is 0.0208. The van der Waals surface area contributed by atoms with E-state index in [1.807, 2.05) is 0 Å². The molecular formula is C41H72O4. The maximum atomic E-state index is 12.6. The fourth-order valence-corrected chi connectivity index (χ4v) is 5.53. The Morgan fingerprint density at radius 3 is 1.44 bits per heavy atom. The number of carbonyl (C=O) groups is 2. The van der Waals surface area contributed by atoms with Crippen molar-refractivity contribution in [3.8, 4) is 0 Å². The average Bonchev–Trinajstić information content (AvgIpc) is 3.02. The second-order valence-corrected chi connectivity index (χ2v) is 12.7. The van der Waals surface area contributed by atoms with Gasteiger partial charge in [0.15, 0.2) is 0 Å². The van der Waals surface area contributed by atoms with Gasteiger partial charge in [0.2, 0.25) is 0 Å². The molecule has 0 aliphatic rings. The van der Waals surface area contributed by atoms with Gasteiger partial charge in [-0.25, -0.2) is 0 Å². The molecule has 4 nitrogen and oxygen atoms in total. The van der Waals surface area contributed by atoms with E-state index in [0.717, 1.165) is 103 Å². The van der Waals surface area contributed by atoms with Gasteiger partial charge in [0.1, 0.15) is 6.10 Å². The number of esters is 1. The largest absolute Gasteiger partial charge is 0.481 e. The molecule has 0 radical (unpaired) electrons. The lowest BCUT2D eigenvalue weighted by Gasteiger charge is -2.18. The van der Waals surface area contributed by atoms with Gasteiger partial charge in [-0.1, -0.05) is 152 Å². The zero-order chi connectivity index (χ0) is 32.9. The van der Waals surface area contributed by atoms with Crippen LogP contribution in [0.2, 0.25) is 0 Å². The van der Waals surface area contributed by atoms with Gasteiger partial charge in [0, 0.05) is 12.8 Å². The Morgan fingerprint density at radius 1 is 0.511 bits per heavy atom. The van der Waals surface area contributed by atoms with Crippen LogP contribution in [0.3, 0.4) is 0 Å². The molecule has 1 unspecified atom stereocenters. The summed E-state index contributed by atoms with van der Waals surface area (Å²) in [5.41, 5.74) is 0. The Balaban J connectivity index is 4.07. The second-order valence-electron chi connectivity index (χ2n) is 12.7. The lowest BCUT2D eigenvalue weighted by Crippen LogP contribution is -2.18. The lowest BCUT2D eigenvalue weighted by atomic mass is 10.0. The molecule has 0 aromatic heterocycles. The van der Waals surface area contributed by atoms with Crippen LogP contribution in [-0.4, -0.2) is 23.1 Å². The van der Waals surface area contributed by atoms with Crippen LogP contribution < -0.4 is 0 Å². The summed E-state index contributed by atoms with van der Waals surface area (Å²) in [7, 11) is 0. The minimum Gasteiger partial charge on any atom is -0.481 e. The lowest BCUT2D eigenvalue weighted by molar-refractivity contribution is -0.150. The van der Waals surface area contributed by atoms with Gasteiger partial charge in [-0.05, 0) is 77.0 Å². The highest BCUT2D eigenvalue weighted by molar-refractivity contribution is 5.69. The van der Waals surface area contributed by atoms with E-state index >= 15 is 0 Å². The van der Waals surface area contributed by atoms with Gasteiger partial charge >= 0.3 is 11.9 Å². The summed E-state index contributed by atoms with van der Waals surface area (Å²) in [6.45, 7) is 4.43. The fraction of sp³-hybridized carbons (Fsp3) is 0.756. The quantitative estimate of drug-likeness (QED) is 0.0437. The molecule has 0 aromatic rings. The fourth-order valence-electron chi connectivity index (χ4n) is 5.53. The molecule has 0 spiro atoms. The first-order valence-electron chi connectivity index (χ1n) is 19.1. The SMILES string of the molecule is CC/C=C\C/C=C\C/C=C\C/C=C\CCCCCCC(=O)OC(CCCCCCCCCCCC)CCCCCCCC(=O)O. The van der Waals surface area contributed by atoms with Crippen LogP contribution in [0.25, 0.3) is 0 Å². The molecule has 1 N–H and O–H groups in total. The number of carbonyl (C=O) groups excluding carboxylic acids is 1. The van der Waals surface area contributed by atoms with Crippen molar-refractivity contribution in [2.45, 2.75) is 200 Å². The predicted octanol–water partition coefficient (Wildman–Crippen LogP) is 13.2. The Kier molecular flexibility index (Phi) is 34.7. The van der Waals surface area contributed by atoms with Crippen molar-refractivity contribution in [3.63, 3.8) is 0 Å². The second kappa shape index (κ2) is 36.4. The maximum Gasteiger partial charge on any atom is 0.306 e. The Labute approximate surface area is 279 Å². The zero-order valence-corrected chi connectivity index (χ0v) is 29.7. The summed E-state index contributed by atoms with van der Waals surface area (Å²) in [5.74, 6) is -0.725. The van der Waals surface area contributed by atoms with E-state index in [9.17, 15) is 9.59 Å². The molecule has 0 fully saturated rings. The van der Waals surface area contributed by atoms with Crippen LogP contribution >= 0.6 is 0 Å². The summed E-state index contributed by atoms with van der Waals surface area (Å²) >= 11 is 0. The topological polar surface area (TPSA) is 63.6 Å². The predicted molar refractivity (Wildman–Crippen MR) is 195 cm³/mol. The van der Waals surface area contributed by atoms with Crippen molar-refractivity contribution in [2.75, 3.05) is 0 Å². The molecule has 260 valence electrons. The molecule has 4 heteroatoms. The van der Waals surface area contributed by atoms with E-state index in [-0.39, 0.29) is 18.5 Å². The molecule has 0 aromatic carbocycles. The van der Waals surface area contributed by atoms with Crippen molar-refractivity contribution in [1.29, 1.82) is 0 Å². The van der Waals surface area contributed by atoms with Gasteiger partial charge in [-0.3, -0.25) is 9.59 Å². The molecule has 0 saturated heterocycles. The third-order valence-electron chi connectivity index (χ3n) is 8.32. The van der Waals surface area contributed by atoms with E-state index in [1.54, 1.807) is 0 Å². The summed E-state index contributed by atoms with van der Waals surface area (Å²) in [6, 6.07) is 0. The van der Waals surface area contributed by atoms with Crippen molar-refractivity contribution >= 4 is 11.9 Å². The summed E-state index contributed by atoms with van der Waals surface area (Å²) in [6.07, 6.45) is 48.4. The van der Waals surface area contributed by atoms with Crippen molar-refractivity contribution in [3.05, 3.63) is 48.6 Å². The van der Waals surface area contributed by atoms with Crippen LogP contribution in [0, 0.1) is 0 Å². The van der Waals surface area contributed by atoms with Crippen LogP contribution in [-0.2, 0) is 14.3 Å². The molecule has 0 saturated carbocycles. The molecular weight excluding hydrogens is 556 g/mol. The zero-order valence-electron chi connectivity index (χ0n) is 29.7. The molecule has 0 aliphatic heterocycles. The minimum atomic E-state index is -0.704. The van der Waals surface area contributed by atoms with E-state index in [2.05, 4.69) is 62.5 Å². The van der Waals surface area contributed by atoms with E-state index in [1.165, 1.54) is 64.2 Å². The first-order chi connectivity index (χ1) is 22.1. The number of carboxylic acid groups (broad SMARTS) is 1. The van der Waals surface area contributed by atoms with Gasteiger partial charge in [0.25, 0.3) is 0 Å². The highest BCUT2D eigenvalue weighted by atomic mass is 16.5. The van der Waals surface area contributed by atoms with Crippen molar-refractivity contribution in [1.82, 2.24) is 0 Å². The number of hydrogen-bond donors (Lipinski definition) is 1. The van der Waals surface area contributed by atoms with E-state index < -0.39 is 5.97 Å². The van der Waals surface area contributed by atoms with Crippen LogP contribution in [0.4, 0.5) is 0 Å². The summed E-state index contributed by atoms with van der Waals surface area (Å²) < 4.78 is 5.98. The average molecular weight is 629 g/mol. The maximum absolute atomic E-state index is 12.6. The number of ether oxygens (including phenoxy) is 1. The third-order valence-corrected chi connectivity index (χ3v) is 8.32. The highest BCUT2D eigenvalue weighted by Crippen LogP contribution is 2.19. The molecule has 0 aliphatic carbocycles. The normalized spacial score (nSPS) is 12.8. The van der Waals surface area contributed by atoms with Crippen molar-refractivity contribution < 1.29 is 19.4 Å². The molecule has 0 bridgehead atoms.